The Bertz CT molecular complexity index is 943. The number of hydrogen-bond donors (Lipinski definition) is 2. The van der Waals surface area contributed by atoms with Crippen LogP contribution < -0.4 is 10.0 Å². The van der Waals surface area contributed by atoms with E-state index >= 15 is 0 Å². The number of ketones is 2. The molecule has 122 valence electrons. The predicted molar refractivity (Wildman–Crippen MR) is 90.2 cm³/mol. The Morgan fingerprint density at radius 2 is 1.75 bits per heavy atom. The maximum absolute atomic E-state index is 12.2. The summed E-state index contributed by atoms with van der Waals surface area (Å²) in [7, 11) is -3.71. The van der Waals surface area contributed by atoms with Gasteiger partial charge in [0.15, 0.2) is 5.13 Å². The first-order chi connectivity index (χ1) is 11.4. The SMILES string of the molecule is O=C1C=CC(Nc2ccc(S(=O)(=O)Nc3nccs3)cc2)=CC1=O. The van der Waals surface area contributed by atoms with Crippen molar-refractivity contribution >= 4 is 43.7 Å². The lowest BCUT2D eigenvalue weighted by molar-refractivity contribution is -0.131. The molecular formula is C15H11N3O4S2. The molecule has 1 aromatic carbocycles. The average molecular weight is 361 g/mol. The van der Waals surface area contributed by atoms with E-state index in [4.69, 9.17) is 0 Å². The first-order valence-corrected chi connectivity index (χ1v) is 9.08. The highest BCUT2D eigenvalue weighted by Crippen LogP contribution is 2.20. The lowest BCUT2D eigenvalue weighted by Gasteiger charge is -2.10. The number of hydrogen-bond acceptors (Lipinski definition) is 7. The molecule has 0 amide bonds. The van der Waals surface area contributed by atoms with Gasteiger partial charge in [0, 0.05) is 29.0 Å². The third-order valence-electron chi connectivity index (χ3n) is 3.05. The molecule has 0 saturated heterocycles. The molecule has 0 fully saturated rings. The molecule has 1 aliphatic carbocycles. The Kier molecular flexibility index (Phi) is 4.28. The Morgan fingerprint density at radius 3 is 2.38 bits per heavy atom. The van der Waals surface area contributed by atoms with Gasteiger partial charge in [-0.2, -0.15) is 0 Å². The van der Waals surface area contributed by atoms with E-state index in [0.717, 1.165) is 0 Å². The molecule has 0 aliphatic heterocycles. The van der Waals surface area contributed by atoms with E-state index in [1.165, 1.54) is 47.9 Å². The van der Waals surface area contributed by atoms with E-state index < -0.39 is 21.6 Å². The number of nitrogens with zero attached hydrogens (tertiary/aromatic N) is 1. The third kappa shape index (κ3) is 3.58. The van der Waals surface area contributed by atoms with Crippen molar-refractivity contribution in [2.45, 2.75) is 4.90 Å². The van der Waals surface area contributed by atoms with Crippen LogP contribution in [0.1, 0.15) is 0 Å². The lowest BCUT2D eigenvalue weighted by atomic mass is 10.1. The fraction of sp³-hybridized carbons (Fsp3) is 0. The Hall–Kier alpha value is -2.78. The van der Waals surface area contributed by atoms with Crippen LogP contribution in [0.25, 0.3) is 0 Å². The molecule has 0 unspecified atom stereocenters. The second kappa shape index (κ2) is 6.38. The van der Waals surface area contributed by atoms with Crippen molar-refractivity contribution in [2.24, 2.45) is 0 Å². The maximum Gasteiger partial charge on any atom is 0.263 e. The fourth-order valence-electron chi connectivity index (χ4n) is 1.92. The van der Waals surface area contributed by atoms with Crippen molar-refractivity contribution < 1.29 is 18.0 Å². The average Bonchev–Trinajstić information content (AvgIpc) is 3.04. The van der Waals surface area contributed by atoms with Crippen LogP contribution in [0.4, 0.5) is 10.8 Å². The number of aromatic nitrogens is 1. The maximum atomic E-state index is 12.2. The van der Waals surface area contributed by atoms with Gasteiger partial charge in [0.2, 0.25) is 11.6 Å². The summed E-state index contributed by atoms with van der Waals surface area (Å²) in [5, 5.41) is 4.89. The molecule has 0 saturated carbocycles. The largest absolute Gasteiger partial charge is 0.355 e. The second-order valence-corrected chi connectivity index (χ2v) is 7.33. The van der Waals surface area contributed by atoms with E-state index in [0.29, 0.717) is 11.4 Å². The molecular weight excluding hydrogens is 350 g/mol. The van der Waals surface area contributed by atoms with Crippen LogP contribution in [0.3, 0.4) is 0 Å². The zero-order valence-corrected chi connectivity index (χ0v) is 13.7. The van der Waals surface area contributed by atoms with Crippen molar-refractivity contribution in [1.82, 2.24) is 4.98 Å². The molecule has 9 heteroatoms. The molecule has 24 heavy (non-hydrogen) atoms. The summed E-state index contributed by atoms with van der Waals surface area (Å²) in [6.07, 6.45) is 5.36. The van der Waals surface area contributed by atoms with Crippen LogP contribution in [0.5, 0.6) is 0 Å². The zero-order chi connectivity index (χ0) is 17.2. The minimum Gasteiger partial charge on any atom is -0.355 e. The molecule has 2 N–H and O–H groups in total. The zero-order valence-electron chi connectivity index (χ0n) is 12.1. The number of nitrogens with one attached hydrogen (secondary N) is 2. The Labute approximate surface area is 141 Å². The fourth-order valence-corrected chi connectivity index (χ4v) is 3.71. The molecule has 1 heterocycles. The number of carbonyl (C=O) groups excluding carboxylic acids is 2. The minimum atomic E-state index is -3.71. The van der Waals surface area contributed by atoms with Gasteiger partial charge in [0.1, 0.15) is 0 Å². The summed E-state index contributed by atoms with van der Waals surface area (Å²) in [5.41, 5.74) is 1.04. The normalized spacial score (nSPS) is 14.4. The predicted octanol–water partition coefficient (Wildman–Crippen LogP) is 1.95. The first-order valence-electron chi connectivity index (χ1n) is 6.71. The van der Waals surface area contributed by atoms with E-state index in [9.17, 15) is 18.0 Å². The van der Waals surface area contributed by atoms with Crippen molar-refractivity contribution in [1.29, 1.82) is 0 Å². The highest BCUT2D eigenvalue weighted by molar-refractivity contribution is 7.93. The smallest absolute Gasteiger partial charge is 0.263 e. The van der Waals surface area contributed by atoms with E-state index in [2.05, 4.69) is 15.0 Å². The van der Waals surface area contributed by atoms with Crippen LogP contribution >= 0.6 is 11.3 Å². The molecule has 2 aromatic rings. The van der Waals surface area contributed by atoms with Gasteiger partial charge >= 0.3 is 0 Å². The summed E-state index contributed by atoms with van der Waals surface area (Å²) in [5.74, 6) is -1.18. The molecule has 3 rings (SSSR count). The summed E-state index contributed by atoms with van der Waals surface area (Å²) in [6.45, 7) is 0. The van der Waals surface area contributed by atoms with Gasteiger partial charge in [-0.25, -0.2) is 13.4 Å². The highest BCUT2D eigenvalue weighted by Gasteiger charge is 2.16. The van der Waals surface area contributed by atoms with Gasteiger partial charge < -0.3 is 5.32 Å². The van der Waals surface area contributed by atoms with Gasteiger partial charge in [-0.3, -0.25) is 14.3 Å². The summed E-state index contributed by atoms with van der Waals surface area (Å²) in [4.78, 5) is 26.4. The highest BCUT2D eigenvalue weighted by atomic mass is 32.2. The lowest BCUT2D eigenvalue weighted by Crippen LogP contribution is -2.15. The van der Waals surface area contributed by atoms with Crippen molar-refractivity contribution in [3.8, 4) is 0 Å². The first kappa shape index (κ1) is 16.1. The number of allylic oxidation sites excluding steroid dienone is 3. The molecule has 0 bridgehead atoms. The van der Waals surface area contributed by atoms with Crippen LogP contribution in [-0.2, 0) is 19.6 Å². The third-order valence-corrected chi connectivity index (χ3v) is 5.22. The molecule has 0 radical (unpaired) electrons. The number of thiazole rings is 1. The van der Waals surface area contributed by atoms with E-state index in [1.54, 1.807) is 17.5 Å². The molecule has 0 atom stereocenters. The number of sulfonamides is 1. The van der Waals surface area contributed by atoms with Crippen LogP contribution in [-0.4, -0.2) is 25.0 Å². The number of rotatable bonds is 5. The monoisotopic (exact) mass is 361 g/mol. The molecule has 1 aliphatic rings. The van der Waals surface area contributed by atoms with Gasteiger partial charge in [-0.05, 0) is 36.4 Å². The van der Waals surface area contributed by atoms with Crippen molar-refractivity contribution in [2.75, 3.05) is 10.0 Å². The minimum absolute atomic E-state index is 0.0858. The molecule has 0 spiro atoms. The van der Waals surface area contributed by atoms with Gasteiger partial charge in [-0.1, -0.05) is 0 Å². The summed E-state index contributed by atoms with van der Waals surface area (Å²) >= 11 is 1.18. The van der Waals surface area contributed by atoms with Crippen LogP contribution in [0, 0.1) is 0 Å². The molecule has 1 aromatic heterocycles. The van der Waals surface area contributed by atoms with Crippen LogP contribution in [0.15, 0.2) is 64.7 Å². The molecule has 7 nitrogen and oxygen atoms in total. The number of carbonyl (C=O) groups is 2. The van der Waals surface area contributed by atoms with Gasteiger partial charge in [0.25, 0.3) is 10.0 Å². The van der Waals surface area contributed by atoms with E-state index in [-0.39, 0.29) is 10.0 Å². The Morgan fingerprint density at radius 1 is 1.00 bits per heavy atom. The number of benzene rings is 1. The summed E-state index contributed by atoms with van der Waals surface area (Å²) < 4.78 is 26.8. The summed E-state index contributed by atoms with van der Waals surface area (Å²) in [6, 6.07) is 5.98. The van der Waals surface area contributed by atoms with Crippen molar-refractivity contribution in [3.63, 3.8) is 0 Å². The second-order valence-electron chi connectivity index (χ2n) is 4.75. The Balaban J connectivity index is 1.74. The topological polar surface area (TPSA) is 105 Å². The standard InChI is InChI=1S/C15H11N3O4S2/c19-13-6-3-11(9-14(13)20)17-10-1-4-12(5-2-10)24(21,22)18-15-16-7-8-23-15/h1-9,17H,(H,16,18). The van der Waals surface area contributed by atoms with Crippen LogP contribution in [0.2, 0.25) is 0 Å². The van der Waals surface area contributed by atoms with E-state index in [1.807, 2.05) is 0 Å². The van der Waals surface area contributed by atoms with Gasteiger partial charge in [0.05, 0.1) is 4.90 Å². The number of anilines is 2. The van der Waals surface area contributed by atoms with Crippen molar-refractivity contribution in [3.05, 3.63) is 59.8 Å². The van der Waals surface area contributed by atoms with Gasteiger partial charge in [-0.15, -0.1) is 11.3 Å². The quantitative estimate of drug-likeness (QED) is 0.623.